The van der Waals surface area contributed by atoms with Crippen molar-refractivity contribution >= 4 is 29.2 Å². The Morgan fingerprint density at radius 2 is 1.92 bits per heavy atom. The van der Waals surface area contributed by atoms with Crippen LogP contribution in [0.4, 0.5) is 13.6 Å². The van der Waals surface area contributed by atoms with Crippen molar-refractivity contribution in [3.05, 3.63) is 64.1 Å². The molecule has 4 rings (SSSR count). The number of imidazole rings is 1. The van der Waals surface area contributed by atoms with E-state index in [2.05, 4.69) is 10.3 Å². The molecule has 1 saturated carbocycles. The van der Waals surface area contributed by atoms with E-state index in [1.807, 2.05) is 20.8 Å². The Morgan fingerprint density at radius 3 is 2.47 bits per heavy atom. The summed E-state index contributed by atoms with van der Waals surface area (Å²) in [5.74, 6) is -1.80. The van der Waals surface area contributed by atoms with Gasteiger partial charge in [-0.25, -0.2) is 18.6 Å². The lowest BCUT2D eigenvalue weighted by Crippen LogP contribution is -2.56. The number of aromatic nitrogens is 2. The van der Waals surface area contributed by atoms with Gasteiger partial charge in [0.25, 0.3) is 5.91 Å². The Hall–Kier alpha value is -3.40. The number of hydrogen-bond donors (Lipinski definition) is 2. The van der Waals surface area contributed by atoms with Gasteiger partial charge in [-0.05, 0) is 52.7 Å². The second kappa shape index (κ2) is 9.24. The van der Waals surface area contributed by atoms with E-state index in [0.29, 0.717) is 18.5 Å². The Morgan fingerprint density at radius 1 is 1.28 bits per heavy atom. The summed E-state index contributed by atoms with van der Waals surface area (Å²) in [5.41, 5.74) is -0.723. The minimum Gasteiger partial charge on any atom is -0.485 e. The van der Waals surface area contributed by atoms with Crippen LogP contribution in [0.2, 0.25) is 5.02 Å². The summed E-state index contributed by atoms with van der Waals surface area (Å²) in [6, 6.07) is 4.99. The number of halogens is 3. The van der Waals surface area contributed by atoms with Crippen LogP contribution in [0.3, 0.4) is 0 Å². The second-order valence-electron chi connectivity index (χ2n) is 9.95. The number of pyridine rings is 1. The first-order valence-electron chi connectivity index (χ1n) is 11.4. The fourth-order valence-corrected chi connectivity index (χ4v) is 4.75. The van der Waals surface area contributed by atoms with E-state index < -0.39 is 41.3 Å². The van der Waals surface area contributed by atoms with Crippen molar-refractivity contribution in [3.8, 4) is 5.75 Å². The third-order valence-electron chi connectivity index (χ3n) is 6.22. The van der Waals surface area contributed by atoms with E-state index in [4.69, 9.17) is 16.3 Å². The molecule has 2 aromatic heterocycles. The number of carboxylic acid groups (broad SMARTS) is 1. The van der Waals surface area contributed by atoms with E-state index in [0.717, 1.165) is 12.1 Å². The molecule has 3 aromatic rings. The molecule has 2 N–H and O–H groups in total. The zero-order chi connectivity index (χ0) is 26.4. The Labute approximate surface area is 211 Å². The summed E-state index contributed by atoms with van der Waals surface area (Å²) >= 11 is 6.26. The Bertz CT molecular complexity index is 1330. The van der Waals surface area contributed by atoms with Gasteiger partial charge < -0.3 is 15.2 Å². The van der Waals surface area contributed by atoms with Crippen LogP contribution < -0.4 is 10.1 Å². The number of benzene rings is 1. The quantitative estimate of drug-likeness (QED) is 0.447. The highest BCUT2D eigenvalue weighted by Gasteiger charge is 2.54. The number of fused-ring (bicyclic) bond motifs is 1. The molecule has 0 radical (unpaired) electrons. The number of aryl methyl sites for hydroxylation is 1. The molecule has 1 aromatic carbocycles. The predicted octanol–water partition coefficient (Wildman–Crippen LogP) is 5.19. The topological polar surface area (TPSA) is 96.2 Å². The van der Waals surface area contributed by atoms with Crippen molar-refractivity contribution in [1.29, 1.82) is 0 Å². The maximum atomic E-state index is 14.0. The molecule has 0 unspecified atom stereocenters. The van der Waals surface area contributed by atoms with Gasteiger partial charge >= 0.3 is 6.09 Å². The third-order valence-corrected chi connectivity index (χ3v) is 6.42. The van der Waals surface area contributed by atoms with Crippen LogP contribution in [0.1, 0.15) is 55.4 Å². The molecule has 0 saturated heterocycles. The number of carbonyl (C=O) groups excluding carboxylic acids is 1. The maximum absolute atomic E-state index is 14.0. The molecule has 0 bridgehead atoms. The lowest BCUT2D eigenvalue weighted by molar-refractivity contribution is 0.0579. The molecule has 0 atom stereocenters. The van der Waals surface area contributed by atoms with Crippen molar-refractivity contribution in [1.82, 2.24) is 19.6 Å². The highest BCUT2D eigenvalue weighted by molar-refractivity contribution is 6.30. The highest BCUT2D eigenvalue weighted by Crippen LogP contribution is 2.45. The highest BCUT2D eigenvalue weighted by atomic mass is 35.5. The van der Waals surface area contributed by atoms with Crippen LogP contribution >= 0.6 is 11.6 Å². The summed E-state index contributed by atoms with van der Waals surface area (Å²) < 4.78 is 35.2. The fraction of sp³-hybridized carbons (Fsp3) is 0.400. The lowest BCUT2D eigenvalue weighted by Gasteiger charge is -2.40. The molecule has 2 amide bonds. The molecular weight excluding hydrogens is 494 g/mol. The number of amides is 2. The van der Waals surface area contributed by atoms with Crippen molar-refractivity contribution in [2.24, 2.45) is 0 Å². The normalized spacial score (nSPS) is 14.5. The molecule has 36 heavy (non-hydrogen) atoms. The minimum absolute atomic E-state index is 0.137. The summed E-state index contributed by atoms with van der Waals surface area (Å²) in [4.78, 5) is 31.0. The van der Waals surface area contributed by atoms with Crippen LogP contribution in [-0.4, -0.2) is 49.0 Å². The lowest BCUT2D eigenvalue weighted by atomic mass is 10.0. The first-order valence-corrected chi connectivity index (χ1v) is 11.8. The fourth-order valence-electron chi connectivity index (χ4n) is 4.55. The average molecular weight is 521 g/mol. The molecule has 0 spiro atoms. The van der Waals surface area contributed by atoms with Crippen molar-refractivity contribution < 1.29 is 28.2 Å². The van der Waals surface area contributed by atoms with Gasteiger partial charge in [0.05, 0.1) is 21.8 Å². The van der Waals surface area contributed by atoms with Gasteiger partial charge in [0.15, 0.2) is 11.4 Å². The molecule has 1 fully saturated rings. The second-order valence-corrected chi connectivity index (χ2v) is 10.4. The standard InChI is InChI=1S/C25H27ClF2N4O4/c1-14-20(22(33)29-13-25(8-9-25)32(23(34)35)24(2,3)4)31-11-15(26)10-19(21(31)30-14)36-12-16-17(27)6-5-7-18(16)28/h5-7,10-11H,8-9,12-13H2,1-4H3,(H,29,33)(H,34,35). The number of nitrogens with zero attached hydrogens (tertiary/aromatic N) is 3. The van der Waals surface area contributed by atoms with E-state index in [1.165, 1.54) is 27.6 Å². The van der Waals surface area contributed by atoms with Crippen molar-refractivity contribution in [2.75, 3.05) is 6.54 Å². The van der Waals surface area contributed by atoms with E-state index in [9.17, 15) is 23.5 Å². The SMILES string of the molecule is Cc1nc2c(OCc3c(F)cccc3F)cc(Cl)cn2c1C(=O)NCC1(N(C(=O)O)C(C)(C)C)CC1. The zero-order valence-electron chi connectivity index (χ0n) is 20.4. The van der Waals surface area contributed by atoms with Gasteiger partial charge in [-0.15, -0.1) is 0 Å². The summed E-state index contributed by atoms with van der Waals surface area (Å²) in [6.07, 6.45) is 1.73. The number of carbonyl (C=O) groups is 2. The maximum Gasteiger partial charge on any atom is 0.408 e. The summed E-state index contributed by atoms with van der Waals surface area (Å²) in [7, 11) is 0. The molecular formula is C25H27ClF2N4O4. The molecule has 2 heterocycles. The first kappa shape index (κ1) is 25.7. The van der Waals surface area contributed by atoms with Gasteiger partial charge in [-0.1, -0.05) is 17.7 Å². The molecule has 0 aliphatic heterocycles. The monoisotopic (exact) mass is 520 g/mol. The number of nitrogens with one attached hydrogen (secondary N) is 1. The van der Waals surface area contributed by atoms with Gasteiger partial charge in [0.2, 0.25) is 0 Å². The Kier molecular flexibility index (Phi) is 6.59. The summed E-state index contributed by atoms with van der Waals surface area (Å²) in [6.45, 7) is 6.82. The molecule has 192 valence electrons. The Balaban J connectivity index is 1.59. The van der Waals surface area contributed by atoms with Gasteiger partial charge in [0.1, 0.15) is 23.9 Å². The molecule has 11 heteroatoms. The van der Waals surface area contributed by atoms with Crippen LogP contribution in [0.15, 0.2) is 30.5 Å². The van der Waals surface area contributed by atoms with Crippen LogP contribution in [0.25, 0.3) is 5.65 Å². The third kappa shape index (κ3) is 4.82. The number of rotatable bonds is 7. The van der Waals surface area contributed by atoms with Crippen molar-refractivity contribution in [2.45, 2.75) is 58.2 Å². The minimum atomic E-state index is -1.04. The average Bonchev–Trinajstić information content (AvgIpc) is 3.44. The first-order chi connectivity index (χ1) is 16.8. The molecule has 1 aliphatic carbocycles. The van der Waals surface area contributed by atoms with Crippen LogP contribution in [0, 0.1) is 18.6 Å². The molecule has 8 nitrogen and oxygen atoms in total. The van der Waals surface area contributed by atoms with E-state index in [-0.39, 0.29) is 34.2 Å². The van der Waals surface area contributed by atoms with E-state index >= 15 is 0 Å². The van der Waals surface area contributed by atoms with Gasteiger partial charge in [0, 0.05) is 24.3 Å². The number of hydrogen-bond acceptors (Lipinski definition) is 4. The molecule has 1 aliphatic rings. The van der Waals surface area contributed by atoms with Crippen LogP contribution in [-0.2, 0) is 6.61 Å². The largest absolute Gasteiger partial charge is 0.485 e. The number of ether oxygens (including phenoxy) is 1. The zero-order valence-corrected chi connectivity index (χ0v) is 21.1. The smallest absolute Gasteiger partial charge is 0.408 e. The summed E-state index contributed by atoms with van der Waals surface area (Å²) in [5, 5.41) is 12.8. The van der Waals surface area contributed by atoms with Crippen molar-refractivity contribution in [3.63, 3.8) is 0 Å². The van der Waals surface area contributed by atoms with Crippen LogP contribution in [0.5, 0.6) is 5.75 Å². The van der Waals surface area contributed by atoms with Gasteiger partial charge in [-0.3, -0.25) is 14.1 Å². The van der Waals surface area contributed by atoms with E-state index in [1.54, 1.807) is 6.92 Å². The predicted molar refractivity (Wildman–Crippen MR) is 130 cm³/mol. The van der Waals surface area contributed by atoms with Gasteiger partial charge in [-0.2, -0.15) is 0 Å².